The zero-order valence-electron chi connectivity index (χ0n) is 25.1. The first-order valence-corrected chi connectivity index (χ1v) is 15.9. The normalized spacial score (nSPS) is 22.7. The van der Waals surface area contributed by atoms with Crippen LogP contribution in [0.25, 0.3) is 0 Å². The molecule has 2 fully saturated rings. The summed E-state index contributed by atoms with van der Waals surface area (Å²) in [5.74, 6) is -0.587. The molecule has 6 rings (SSSR count). The van der Waals surface area contributed by atoms with Crippen LogP contribution in [0.15, 0.2) is 54.6 Å². The molecule has 8 nitrogen and oxygen atoms in total. The highest BCUT2D eigenvalue weighted by molar-refractivity contribution is 7.85. The molecule has 3 aliphatic rings. The van der Waals surface area contributed by atoms with E-state index in [1.807, 2.05) is 12.1 Å². The Bertz CT molecular complexity index is 1570. The quantitative estimate of drug-likeness (QED) is 0.350. The molecule has 2 saturated heterocycles. The summed E-state index contributed by atoms with van der Waals surface area (Å²) in [6.07, 6.45) is 2.01. The summed E-state index contributed by atoms with van der Waals surface area (Å²) in [5, 5.41) is 0. The Hall–Kier alpha value is -3.54. The smallest absolute Gasteiger partial charge is 0.256 e. The number of nitrogens with zero attached hydrogens (tertiary/aromatic N) is 2. The van der Waals surface area contributed by atoms with Gasteiger partial charge in [-0.05, 0) is 73.3 Å². The van der Waals surface area contributed by atoms with Crippen LogP contribution < -0.4 is 14.2 Å². The van der Waals surface area contributed by atoms with Gasteiger partial charge >= 0.3 is 0 Å². The Morgan fingerprint density at radius 1 is 0.955 bits per heavy atom. The number of ether oxygens (including phenoxy) is 4. The molecule has 3 aliphatic heterocycles. The third-order valence-corrected chi connectivity index (χ3v) is 11.4. The molecule has 0 radical (unpaired) electrons. The molecule has 3 heterocycles. The lowest BCUT2D eigenvalue weighted by Crippen LogP contribution is -2.45. The molecule has 1 unspecified atom stereocenters. The maximum Gasteiger partial charge on any atom is 0.256 e. The van der Waals surface area contributed by atoms with Gasteiger partial charge in [0.15, 0.2) is 23.1 Å². The first-order valence-electron chi connectivity index (χ1n) is 14.6. The molecule has 2 atom stereocenters. The Morgan fingerprint density at radius 2 is 1.66 bits per heavy atom. The standard InChI is InChI=1S/C33H36F2N2O6S/c1-40-28-16-23(17-29(41-2)30(28)42-3)31(38)37-20-32(43-21-37,24-8-9-26(34)27(35)18-24)10-13-36-14-11-33(12-15-36)25-7-5-4-6-22(25)19-44(33)39/h4-9,16-18H,10-15,19-21H2,1-3H3/t32-,44?/m0/s1. The van der Waals surface area contributed by atoms with Crippen molar-refractivity contribution in [1.82, 2.24) is 9.80 Å². The van der Waals surface area contributed by atoms with Crippen LogP contribution in [0, 0.1) is 11.6 Å². The number of methoxy groups -OCH3 is 3. The largest absolute Gasteiger partial charge is 0.493 e. The summed E-state index contributed by atoms with van der Waals surface area (Å²) in [4.78, 5) is 17.6. The number of likely N-dealkylation sites (tertiary alicyclic amines) is 1. The van der Waals surface area contributed by atoms with Crippen LogP contribution in [0.2, 0.25) is 0 Å². The summed E-state index contributed by atoms with van der Waals surface area (Å²) in [6.45, 7) is 2.22. The van der Waals surface area contributed by atoms with Crippen molar-refractivity contribution in [3.8, 4) is 17.2 Å². The number of carbonyl (C=O) groups excluding carboxylic acids is 1. The molecular weight excluding hydrogens is 590 g/mol. The molecule has 11 heteroatoms. The topological polar surface area (TPSA) is 77.5 Å². The van der Waals surface area contributed by atoms with Gasteiger partial charge in [-0.15, -0.1) is 0 Å². The monoisotopic (exact) mass is 626 g/mol. The van der Waals surface area contributed by atoms with E-state index in [2.05, 4.69) is 17.0 Å². The number of amides is 1. The molecule has 0 bridgehead atoms. The van der Waals surface area contributed by atoms with Gasteiger partial charge in [-0.2, -0.15) is 0 Å². The maximum absolute atomic E-state index is 14.5. The van der Waals surface area contributed by atoms with Crippen molar-refractivity contribution in [2.24, 2.45) is 0 Å². The molecule has 0 aliphatic carbocycles. The predicted octanol–water partition coefficient (Wildman–Crippen LogP) is 4.96. The van der Waals surface area contributed by atoms with E-state index in [-0.39, 0.29) is 23.9 Å². The molecule has 44 heavy (non-hydrogen) atoms. The van der Waals surface area contributed by atoms with E-state index >= 15 is 0 Å². The van der Waals surface area contributed by atoms with Gasteiger partial charge in [0.1, 0.15) is 12.3 Å². The van der Waals surface area contributed by atoms with Crippen molar-refractivity contribution in [2.75, 3.05) is 54.2 Å². The van der Waals surface area contributed by atoms with E-state index in [4.69, 9.17) is 18.9 Å². The van der Waals surface area contributed by atoms with Gasteiger partial charge in [-0.25, -0.2) is 8.78 Å². The van der Waals surface area contributed by atoms with Crippen LogP contribution in [0.5, 0.6) is 17.2 Å². The highest BCUT2D eigenvalue weighted by atomic mass is 32.2. The van der Waals surface area contributed by atoms with Crippen LogP contribution in [0.1, 0.15) is 46.3 Å². The lowest BCUT2D eigenvalue weighted by molar-refractivity contribution is -0.0132. The average molecular weight is 627 g/mol. The van der Waals surface area contributed by atoms with E-state index in [1.54, 1.807) is 17.0 Å². The fraction of sp³-hybridized carbons (Fsp3) is 0.424. The third-order valence-electron chi connectivity index (χ3n) is 9.31. The van der Waals surface area contributed by atoms with Crippen molar-refractivity contribution in [3.63, 3.8) is 0 Å². The molecule has 234 valence electrons. The summed E-state index contributed by atoms with van der Waals surface area (Å²) >= 11 is 0. The summed E-state index contributed by atoms with van der Waals surface area (Å²) in [6, 6.07) is 15.1. The minimum atomic E-state index is -1.05. The zero-order valence-corrected chi connectivity index (χ0v) is 25.9. The molecule has 3 aromatic carbocycles. The fourth-order valence-electron chi connectivity index (χ4n) is 6.83. The minimum absolute atomic E-state index is 0.0344. The van der Waals surface area contributed by atoms with Crippen LogP contribution in [0.4, 0.5) is 8.78 Å². The Morgan fingerprint density at radius 3 is 2.32 bits per heavy atom. The lowest BCUT2D eigenvalue weighted by Gasteiger charge is -2.40. The number of carbonyl (C=O) groups is 1. The average Bonchev–Trinajstić information content (AvgIpc) is 3.60. The van der Waals surface area contributed by atoms with Crippen molar-refractivity contribution in [2.45, 2.75) is 35.4 Å². The number of hydrogen-bond donors (Lipinski definition) is 0. The third kappa shape index (κ3) is 5.24. The van der Waals surface area contributed by atoms with Crippen molar-refractivity contribution in [3.05, 3.63) is 88.5 Å². The zero-order chi connectivity index (χ0) is 31.1. The predicted molar refractivity (Wildman–Crippen MR) is 161 cm³/mol. The molecule has 3 aromatic rings. The van der Waals surface area contributed by atoms with E-state index < -0.39 is 28.0 Å². The van der Waals surface area contributed by atoms with E-state index in [0.717, 1.165) is 38.1 Å². The second-order valence-electron chi connectivity index (χ2n) is 11.5. The summed E-state index contributed by atoms with van der Waals surface area (Å²) < 4.78 is 64.0. The van der Waals surface area contributed by atoms with Gasteiger partial charge in [-0.3, -0.25) is 9.00 Å². The number of benzene rings is 3. The lowest BCUT2D eigenvalue weighted by atomic mass is 9.85. The highest BCUT2D eigenvalue weighted by Crippen LogP contribution is 2.47. The molecule has 0 saturated carbocycles. The van der Waals surface area contributed by atoms with Gasteiger partial charge < -0.3 is 28.7 Å². The van der Waals surface area contributed by atoms with Gasteiger partial charge in [-0.1, -0.05) is 30.3 Å². The van der Waals surface area contributed by atoms with E-state index in [0.29, 0.717) is 47.1 Å². The fourth-order valence-corrected chi connectivity index (χ4v) is 8.73. The van der Waals surface area contributed by atoms with Gasteiger partial charge in [0, 0.05) is 28.7 Å². The van der Waals surface area contributed by atoms with E-state index in [9.17, 15) is 17.8 Å². The van der Waals surface area contributed by atoms with Crippen LogP contribution in [-0.2, 0) is 31.6 Å². The SMILES string of the molecule is COc1cc(C(=O)N2CO[C@](CCN3CCC4(CC3)c3ccccc3CS4=O)(c3ccc(F)c(F)c3)C2)cc(OC)c1OC. The Balaban J connectivity index is 1.21. The first kappa shape index (κ1) is 30.5. The molecule has 0 N–H and O–H groups in total. The second-order valence-corrected chi connectivity index (χ2v) is 13.3. The van der Waals surface area contributed by atoms with Crippen molar-refractivity contribution < 1.29 is 36.7 Å². The number of piperidine rings is 1. The second kappa shape index (κ2) is 12.1. The highest BCUT2D eigenvalue weighted by Gasteiger charge is 2.48. The molecular formula is C33H36F2N2O6S. The summed E-state index contributed by atoms with van der Waals surface area (Å²) in [7, 11) is 3.48. The number of halogens is 2. The number of hydrogen-bond acceptors (Lipinski definition) is 7. The summed E-state index contributed by atoms with van der Waals surface area (Å²) in [5.41, 5.74) is 2.11. The van der Waals surface area contributed by atoms with Gasteiger partial charge in [0.05, 0.1) is 32.6 Å². The van der Waals surface area contributed by atoms with Gasteiger partial charge in [0.2, 0.25) is 5.75 Å². The van der Waals surface area contributed by atoms with Crippen molar-refractivity contribution >= 4 is 16.7 Å². The van der Waals surface area contributed by atoms with E-state index in [1.165, 1.54) is 38.5 Å². The Labute approximate surface area is 258 Å². The molecule has 1 spiro atoms. The molecule has 1 amide bonds. The number of fused-ring (bicyclic) bond motifs is 2. The van der Waals surface area contributed by atoms with Crippen LogP contribution >= 0.6 is 0 Å². The molecule has 0 aromatic heterocycles. The van der Waals surface area contributed by atoms with Gasteiger partial charge in [0.25, 0.3) is 5.91 Å². The number of rotatable bonds is 8. The van der Waals surface area contributed by atoms with Crippen LogP contribution in [0.3, 0.4) is 0 Å². The first-order chi connectivity index (χ1) is 21.2. The minimum Gasteiger partial charge on any atom is -0.493 e. The maximum atomic E-state index is 14.5. The van der Waals surface area contributed by atoms with Crippen LogP contribution in [-0.4, -0.2) is 74.2 Å². The Kier molecular flexibility index (Phi) is 8.38. The van der Waals surface area contributed by atoms with Crippen molar-refractivity contribution in [1.29, 1.82) is 0 Å².